The predicted molar refractivity (Wildman–Crippen MR) is 72.3 cm³/mol. The van der Waals surface area contributed by atoms with Crippen LogP contribution in [0.3, 0.4) is 0 Å². The van der Waals surface area contributed by atoms with Crippen LogP contribution in [0.2, 0.25) is 0 Å². The first-order valence-electron chi connectivity index (χ1n) is 7.68. The highest BCUT2D eigenvalue weighted by Crippen LogP contribution is 2.42. The first-order chi connectivity index (χ1) is 8.62. The van der Waals surface area contributed by atoms with Gasteiger partial charge in [-0.3, -0.25) is 4.79 Å². The van der Waals surface area contributed by atoms with Crippen molar-refractivity contribution in [3.8, 4) is 0 Å². The summed E-state index contributed by atoms with van der Waals surface area (Å²) in [4.78, 5) is 15.1. The summed E-state index contributed by atoms with van der Waals surface area (Å²) in [7, 11) is 0. The standard InChI is InChI=1S/C15H26N2O/c1-15(2)13-12(9-6-10-16-13)17(14(15)18)11-7-4-3-5-8-11/h11-13,16H,3-10H2,1-2H3. The quantitative estimate of drug-likeness (QED) is 0.774. The fraction of sp³-hybridized carbons (Fsp3) is 0.933. The van der Waals surface area contributed by atoms with E-state index in [1.54, 1.807) is 0 Å². The molecule has 0 spiro atoms. The number of hydrogen-bond donors (Lipinski definition) is 1. The highest BCUT2D eigenvalue weighted by Gasteiger charge is 2.55. The van der Waals surface area contributed by atoms with E-state index in [2.05, 4.69) is 24.1 Å². The molecule has 2 unspecified atom stereocenters. The SMILES string of the molecule is CC1(C)C(=O)N(C2CCCCC2)C2CCCNC21. The summed E-state index contributed by atoms with van der Waals surface area (Å²) in [5.74, 6) is 0.402. The number of hydrogen-bond acceptors (Lipinski definition) is 2. The van der Waals surface area contributed by atoms with Gasteiger partial charge in [-0.2, -0.15) is 0 Å². The van der Waals surface area contributed by atoms with Crippen LogP contribution in [0.1, 0.15) is 58.8 Å². The lowest BCUT2D eigenvalue weighted by Crippen LogP contribution is -2.52. The summed E-state index contributed by atoms with van der Waals surface area (Å²) in [5, 5.41) is 3.61. The van der Waals surface area contributed by atoms with Crippen LogP contribution in [0.4, 0.5) is 0 Å². The fourth-order valence-corrected chi connectivity index (χ4v) is 4.32. The van der Waals surface area contributed by atoms with Crippen LogP contribution in [0.25, 0.3) is 0 Å². The molecule has 102 valence electrons. The second-order valence-corrected chi connectivity index (χ2v) is 6.87. The molecule has 18 heavy (non-hydrogen) atoms. The van der Waals surface area contributed by atoms with E-state index in [0.29, 0.717) is 24.0 Å². The van der Waals surface area contributed by atoms with Gasteiger partial charge >= 0.3 is 0 Å². The molecule has 3 rings (SSSR count). The summed E-state index contributed by atoms with van der Waals surface area (Å²) in [5.41, 5.74) is -0.206. The number of fused-ring (bicyclic) bond motifs is 1. The van der Waals surface area contributed by atoms with Gasteiger partial charge in [0.1, 0.15) is 0 Å². The average molecular weight is 250 g/mol. The monoisotopic (exact) mass is 250 g/mol. The second kappa shape index (κ2) is 4.52. The van der Waals surface area contributed by atoms with E-state index in [1.165, 1.54) is 44.9 Å². The summed E-state index contributed by atoms with van der Waals surface area (Å²) >= 11 is 0. The van der Waals surface area contributed by atoms with Gasteiger partial charge in [0.15, 0.2) is 0 Å². The Morgan fingerprint density at radius 3 is 2.56 bits per heavy atom. The van der Waals surface area contributed by atoms with Gasteiger partial charge in [-0.25, -0.2) is 0 Å². The van der Waals surface area contributed by atoms with Crippen molar-refractivity contribution in [3.63, 3.8) is 0 Å². The van der Waals surface area contributed by atoms with Crippen LogP contribution in [0, 0.1) is 5.41 Å². The molecular weight excluding hydrogens is 224 g/mol. The van der Waals surface area contributed by atoms with E-state index in [-0.39, 0.29) is 5.41 Å². The summed E-state index contributed by atoms with van der Waals surface area (Å²) in [6.07, 6.45) is 8.83. The maximum atomic E-state index is 12.8. The lowest BCUT2D eigenvalue weighted by Gasteiger charge is -2.39. The highest BCUT2D eigenvalue weighted by molar-refractivity contribution is 5.86. The van der Waals surface area contributed by atoms with Gasteiger partial charge in [-0.05, 0) is 46.1 Å². The summed E-state index contributed by atoms with van der Waals surface area (Å²) in [6.45, 7) is 5.35. The van der Waals surface area contributed by atoms with Gasteiger partial charge in [0.2, 0.25) is 5.91 Å². The Balaban J connectivity index is 1.86. The summed E-state index contributed by atoms with van der Waals surface area (Å²) in [6, 6.07) is 1.37. The molecule has 1 aliphatic carbocycles. The Morgan fingerprint density at radius 1 is 1.11 bits per heavy atom. The van der Waals surface area contributed by atoms with Crippen LogP contribution in [0.15, 0.2) is 0 Å². The lowest BCUT2D eigenvalue weighted by atomic mass is 9.81. The van der Waals surface area contributed by atoms with Crippen LogP contribution >= 0.6 is 0 Å². The predicted octanol–water partition coefficient (Wildman–Crippen LogP) is 2.31. The van der Waals surface area contributed by atoms with Crippen molar-refractivity contribution in [2.24, 2.45) is 5.41 Å². The zero-order valence-electron chi connectivity index (χ0n) is 11.7. The topological polar surface area (TPSA) is 32.3 Å². The lowest BCUT2D eigenvalue weighted by molar-refractivity contribution is -0.138. The Kier molecular flexibility index (Phi) is 3.13. The third-order valence-corrected chi connectivity index (χ3v) is 5.31. The maximum Gasteiger partial charge on any atom is 0.230 e. The van der Waals surface area contributed by atoms with E-state index in [4.69, 9.17) is 0 Å². The molecule has 2 aliphatic heterocycles. The molecule has 2 heterocycles. The van der Waals surface area contributed by atoms with Crippen molar-refractivity contribution in [1.82, 2.24) is 10.2 Å². The molecule has 0 aromatic heterocycles. The number of carbonyl (C=O) groups excluding carboxylic acids is 1. The van der Waals surface area contributed by atoms with E-state index in [9.17, 15) is 4.79 Å². The second-order valence-electron chi connectivity index (χ2n) is 6.87. The van der Waals surface area contributed by atoms with Gasteiger partial charge in [0.05, 0.1) is 5.41 Å². The van der Waals surface area contributed by atoms with Crippen molar-refractivity contribution in [2.45, 2.75) is 76.9 Å². The third-order valence-electron chi connectivity index (χ3n) is 5.31. The average Bonchev–Trinajstić information content (AvgIpc) is 2.60. The zero-order valence-corrected chi connectivity index (χ0v) is 11.7. The highest BCUT2D eigenvalue weighted by atomic mass is 16.2. The van der Waals surface area contributed by atoms with E-state index >= 15 is 0 Å². The van der Waals surface area contributed by atoms with Crippen molar-refractivity contribution in [2.75, 3.05) is 6.54 Å². The van der Waals surface area contributed by atoms with Crippen molar-refractivity contribution in [3.05, 3.63) is 0 Å². The van der Waals surface area contributed by atoms with Crippen LogP contribution in [-0.2, 0) is 4.79 Å². The maximum absolute atomic E-state index is 12.8. The zero-order chi connectivity index (χ0) is 12.8. The molecule has 0 aromatic carbocycles. The van der Waals surface area contributed by atoms with Crippen molar-refractivity contribution < 1.29 is 4.79 Å². The molecular formula is C15H26N2O. The largest absolute Gasteiger partial charge is 0.335 e. The minimum Gasteiger partial charge on any atom is -0.335 e. The van der Waals surface area contributed by atoms with Crippen LogP contribution < -0.4 is 5.32 Å². The Morgan fingerprint density at radius 2 is 1.83 bits per heavy atom. The van der Waals surface area contributed by atoms with Crippen LogP contribution in [0.5, 0.6) is 0 Å². The number of rotatable bonds is 1. The Labute approximate surface area is 110 Å². The van der Waals surface area contributed by atoms with Gasteiger partial charge in [0, 0.05) is 18.1 Å². The van der Waals surface area contributed by atoms with E-state index in [1.807, 2.05) is 0 Å². The van der Waals surface area contributed by atoms with Gasteiger partial charge in [-0.1, -0.05) is 19.3 Å². The molecule has 3 aliphatic rings. The Bertz CT molecular complexity index is 333. The van der Waals surface area contributed by atoms with Gasteiger partial charge in [0.25, 0.3) is 0 Å². The number of nitrogens with one attached hydrogen (secondary N) is 1. The molecule has 0 bridgehead atoms. The fourth-order valence-electron chi connectivity index (χ4n) is 4.32. The molecule has 0 radical (unpaired) electrons. The first-order valence-corrected chi connectivity index (χ1v) is 7.68. The van der Waals surface area contributed by atoms with Crippen molar-refractivity contribution in [1.29, 1.82) is 0 Å². The van der Waals surface area contributed by atoms with Gasteiger partial charge in [-0.15, -0.1) is 0 Å². The number of nitrogens with zero attached hydrogens (tertiary/aromatic N) is 1. The molecule has 3 fully saturated rings. The Hall–Kier alpha value is -0.570. The number of amides is 1. The van der Waals surface area contributed by atoms with E-state index in [0.717, 1.165) is 6.54 Å². The molecule has 3 heteroatoms. The molecule has 1 amide bonds. The number of piperidine rings is 1. The summed E-state index contributed by atoms with van der Waals surface area (Å²) < 4.78 is 0. The minimum atomic E-state index is -0.206. The van der Waals surface area contributed by atoms with Gasteiger partial charge < -0.3 is 10.2 Å². The number of likely N-dealkylation sites (tertiary alicyclic amines) is 1. The third kappa shape index (κ3) is 1.78. The first kappa shape index (κ1) is 12.5. The molecule has 2 saturated heterocycles. The smallest absolute Gasteiger partial charge is 0.230 e. The molecule has 3 nitrogen and oxygen atoms in total. The molecule has 1 saturated carbocycles. The van der Waals surface area contributed by atoms with Crippen LogP contribution in [-0.4, -0.2) is 35.5 Å². The number of carbonyl (C=O) groups is 1. The van der Waals surface area contributed by atoms with E-state index < -0.39 is 0 Å². The molecule has 1 N–H and O–H groups in total. The normalized spacial score (nSPS) is 36.8. The van der Waals surface area contributed by atoms with Crippen molar-refractivity contribution >= 4 is 5.91 Å². The molecule has 2 atom stereocenters. The minimum absolute atomic E-state index is 0.206. The molecule has 0 aromatic rings.